The van der Waals surface area contributed by atoms with E-state index in [2.05, 4.69) is 17.1 Å². The van der Waals surface area contributed by atoms with Crippen LogP contribution in [0.5, 0.6) is 0 Å². The van der Waals surface area contributed by atoms with Gasteiger partial charge < -0.3 is 19.1 Å². The van der Waals surface area contributed by atoms with Crippen molar-refractivity contribution in [3.05, 3.63) is 90.0 Å². The predicted octanol–water partition coefficient (Wildman–Crippen LogP) is 3.99. The van der Waals surface area contributed by atoms with Crippen LogP contribution in [0, 0.1) is 0 Å². The van der Waals surface area contributed by atoms with Gasteiger partial charge in [-0.05, 0) is 36.5 Å². The van der Waals surface area contributed by atoms with Crippen molar-refractivity contribution in [3.63, 3.8) is 0 Å². The number of hydrogen-bond donors (Lipinski definition) is 0. The quantitative estimate of drug-likeness (QED) is 0.560. The number of rotatable bonds is 6. The molecule has 0 saturated carbocycles. The zero-order valence-electron chi connectivity index (χ0n) is 19.3. The summed E-state index contributed by atoms with van der Waals surface area (Å²) in [6.07, 6.45) is 8.23. The molecule has 0 unspecified atom stereocenters. The fourth-order valence-electron chi connectivity index (χ4n) is 5.02. The highest BCUT2D eigenvalue weighted by Gasteiger charge is 2.46. The first kappa shape index (κ1) is 22.2. The molecule has 1 spiro atoms. The number of benzene rings is 2. The first-order valence-corrected chi connectivity index (χ1v) is 12.0. The predicted molar refractivity (Wildman–Crippen MR) is 128 cm³/mol. The normalized spacial score (nSPS) is 20.4. The van der Waals surface area contributed by atoms with Crippen LogP contribution >= 0.6 is 0 Å². The Kier molecular flexibility index (Phi) is 6.34. The fraction of sp³-hybridized carbons (Fsp3) is 0.370. The number of carbonyl (C=O) groups is 2. The molecule has 0 bridgehead atoms. The van der Waals surface area contributed by atoms with Crippen molar-refractivity contribution in [1.29, 1.82) is 0 Å². The van der Waals surface area contributed by atoms with Crippen LogP contribution in [0.15, 0.2) is 73.3 Å². The summed E-state index contributed by atoms with van der Waals surface area (Å²) in [4.78, 5) is 33.9. The van der Waals surface area contributed by atoms with Crippen molar-refractivity contribution in [3.8, 4) is 0 Å². The molecule has 2 amide bonds. The minimum Gasteiger partial charge on any atom is -0.441 e. The summed E-state index contributed by atoms with van der Waals surface area (Å²) in [6.45, 7) is 3.10. The lowest BCUT2D eigenvalue weighted by Gasteiger charge is -2.26. The Morgan fingerprint density at radius 2 is 1.85 bits per heavy atom. The lowest BCUT2D eigenvalue weighted by atomic mass is 9.95. The highest BCUT2D eigenvalue weighted by Crippen LogP contribution is 2.34. The standard InChI is InChI=1S/C27H30N4O3/c32-25(24-10-5-4-9-23(24)19-29-18-14-28-21-29)30-15-6-12-27(13-17-30)20-31(26(33)34-27)16-11-22-7-2-1-3-8-22/h1-5,7-10,14,18,21H,6,11-13,15-17,19-20H2/t27-/m1/s1. The van der Waals surface area contributed by atoms with Gasteiger partial charge in [0, 0.05) is 50.6 Å². The van der Waals surface area contributed by atoms with Gasteiger partial charge in [0.15, 0.2) is 0 Å². The van der Waals surface area contributed by atoms with Crippen LogP contribution < -0.4 is 0 Å². The summed E-state index contributed by atoms with van der Waals surface area (Å²) < 4.78 is 7.90. The molecule has 3 heterocycles. The Hall–Kier alpha value is -3.61. The number of aromatic nitrogens is 2. The first-order valence-electron chi connectivity index (χ1n) is 12.0. The van der Waals surface area contributed by atoms with Crippen LogP contribution in [-0.4, -0.2) is 63.1 Å². The Labute approximate surface area is 200 Å². The molecule has 0 aliphatic carbocycles. The second-order valence-electron chi connectivity index (χ2n) is 9.25. The fourth-order valence-corrected chi connectivity index (χ4v) is 5.02. The Balaban J connectivity index is 1.23. The van der Waals surface area contributed by atoms with Crippen LogP contribution in [0.1, 0.15) is 40.7 Å². The SMILES string of the molecule is O=C1O[C@@]2(CCCN(C(=O)c3ccccc3Cn3ccnc3)CC2)CN1CCc1ccccc1. The van der Waals surface area contributed by atoms with Gasteiger partial charge in [0.2, 0.25) is 0 Å². The third kappa shape index (κ3) is 4.83. The summed E-state index contributed by atoms with van der Waals surface area (Å²) in [5, 5.41) is 0. The van der Waals surface area contributed by atoms with Crippen molar-refractivity contribution in [2.45, 2.75) is 37.8 Å². The third-order valence-electron chi connectivity index (χ3n) is 6.90. The van der Waals surface area contributed by atoms with Gasteiger partial charge in [0.05, 0.1) is 12.9 Å². The molecule has 1 aromatic heterocycles. The zero-order chi connectivity index (χ0) is 23.4. The van der Waals surface area contributed by atoms with E-state index < -0.39 is 5.60 Å². The van der Waals surface area contributed by atoms with Crippen LogP contribution in [0.25, 0.3) is 0 Å². The van der Waals surface area contributed by atoms with E-state index in [4.69, 9.17) is 4.74 Å². The van der Waals surface area contributed by atoms with Gasteiger partial charge in [-0.1, -0.05) is 48.5 Å². The van der Waals surface area contributed by atoms with E-state index in [1.165, 1.54) is 5.56 Å². The Morgan fingerprint density at radius 1 is 1.03 bits per heavy atom. The summed E-state index contributed by atoms with van der Waals surface area (Å²) >= 11 is 0. The molecule has 34 heavy (non-hydrogen) atoms. The van der Waals surface area contributed by atoms with Gasteiger partial charge >= 0.3 is 6.09 Å². The van der Waals surface area contributed by atoms with Crippen LogP contribution in [0.3, 0.4) is 0 Å². The maximum Gasteiger partial charge on any atom is 0.410 e. The van der Waals surface area contributed by atoms with Gasteiger partial charge in [0.25, 0.3) is 5.91 Å². The van der Waals surface area contributed by atoms with Crippen molar-refractivity contribution in [2.24, 2.45) is 0 Å². The molecule has 0 radical (unpaired) electrons. The molecule has 5 rings (SSSR count). The van der Waals surface area contributed by atoms with Gasteiger partial charge in [0.1, 0.15) is 5.60 Å². The monoisotopic (exact) mass is 458 g/mol. The van der Waals surface area contributed by atoms with Crippen LogP contribution in [0.2, 0.25) is 0 Å². The minimum absolute atomic E-state index is 0.0398. The highest BCUT2D eigenvalue weighted by atomic mass is 16.6. The van der Waals surface area contributed by atoms with Crippen LogP contribution in [-0.2, 0) is 17.7 Å². The number of imidazole rings is 1. The molecule has 2 aromatic carbocycles. The number of likely N-dealkylation sites (tertiary alicyclic amines) is 1. The summed E-state index contributed by atoms with van der Waals surface area (Å²) in [5.74, 6) is 0.0398. The largest absolute Gasteiger partial charge is 0.441 e. The van der Waals surface area contributed by atoms with E-state index in [1.54, 1.807) is 12.5 Å². The van der Waals surface area contributed by atoms with Crippen molar-refractivity contribution < 1.29 is 14.3 Å². The third-order valence-corrected chi connectivity index (χ3v) is 6.90. The molecule has 2 aliphatic heterocycles. The topological polar surface area (TPSA) is 67.7 Å². The Bertz CT molecular complexity index is 1130. The minimum atomic E-state index is -0.501. The second kappa shape index (κ2) is 9.71. The van der Waals surface area contributed by atoms with Gasteiger partial charge in [-0.2, -0.15) is 0 Å². The van der Waals surface area contributed by atoms with E-state index in [9.17, 15) is 9.59 Å². The Morgan fingerprint density at radius 3 is 2.68 bits per heavy atom. The van der Waals surface area contributed by atoms with Crippen molar-refractivity contribution >= 4 is 12.0 Å². The first-order chi connectivity index (χ1) is 16.6. The summed E-state index contributed by atoms with van der Waals surface area (Å²) in [7, 11) is 0. The van der Waals surface area contributed by atoms with Crippen LogP contribution in [0.4, 0.5) is 4.79 Å². The molecule has 3 aromatic rings. The zero-order valence-corrected chi connectivity index (χ0v) is 19.3. The number of ether oxygens (including phenoxy) is 1. The molecule has 1 atom stereocenters. The molecule has 7 nitrogen and oxygen atoms in total. The lowest BCUT2D eigenvalue weighted by Crippen LogP contribution is -2.37. The number of nitrogens with zero attached hydrogens (tertiary/aromatic N) is 4. The average Bonchev–Trinajstić information content (AvgIpc) is 3.42. The molecular formula is C27H30N4O3. The van der Waals surface area contributed by atoms with E-state index in [1.807, 2.05) is 63.0 Å². The molecular weight excluding hydrogens is 428 g/mol. The van der Waals surface area contributed by atoms with E-state index >= 15 is 0 Å². The maximum atomic E-state index is 13.5. The highest BCUT2D eigenvalue weighted by molar-refractivity contribution is 5.95. The summed E-state index contributed by atoms with van der Waals surface area (Å²) in [5.41, 5.74) is 2.41. The molecule has 0 N–H and O–H groups in total. The van der Waals surface area contributed by atoms with E-state index in [-0.39, 0.29) is 12.0 Å². The van der Waals surface area contributed by atoms with Crippen molar-refractivity contribution in [1.82, 2.24) is 19.4 Å². The van der Waals surface area contributed by atoms with E-state index in [0.29, 0.717) is 39.1 Å². The smallest absolute Gasteiger partial charge is 0.410 e. The lowest BCUT2D eigenvalue weighted by molar-refractivity contribution is 0.0438. The molecule has 2 aliphatic rings. The average molecular weight is 459 g/mol. The van der Waals surface area contributed by atoms with Gasteiger partial charge in [-0.15, -0.1) is 0 Å². The van der Waals surface area contributed by atoms with Gasteiger partial charge in [-0.3, -0.25) is 4.79 Å². The second-order valence-corrected chi connectivity index (χ2v) is 9.25. The number of amides is 2. The number of carbonyl (C=O) groups excluding carboxylic acids is 2. The van der Waals surface area contributed by atoms with Gasteiger partial charge in [-0.25, -0.2) is 9.78 Å². The molecule has 2 fully saturated rings. The number of hydrogen-bond acceptors (Lipinski definition) is 4. The van der Waals surface area contributed by atoms with E-state index in [0.717, 1.165) is 30.4 Å². The maximum absolute atomic E-state index is 13.5. The molecule has 7 heteroatoms. The molecule has 176 valence electrons. The summed E-state index contributed by atoms with van der Waals surface area (Å²) in [6, 6.07) is 18.0. The van der Waals surface area contributed by atoms with Crippen molar-refractivity contribution in [2.75, 3.05) is 26.2 Å². The molecule has 2 saturated heterocycles.